The van der Waals surface area contributed by atoms with Gasteiger partial charge in [0.05, 0.1) is 0 Å². The molecule has 1 unspecified atom stereocenters. The van der Waals surface area contributed by atoms with Crippen LogP contribution in [0.4, 0.5) is 0 Å². The molecule has 1 atom stereocenters. The van der Waals surface area contributed by atoms with E-state index in [0.717, 1.165) is 5.57 Å². The van der Waals surface area contributed by atoms with Crippen molar-refractivity contribution >= 4 is 0 Å². The third-order valence-electron chi connectivity index (χ3n) is 2.23. The first-order valence-corrected chi connectivity index (χ1v) is 4.34. The van der Waals surface area contributed by atoms with E-state index in [0.29, 0.717) is 5.70 Å². The SMILES string of the molecule is NC1=CC2C=C(O)C=C(O)C2=CC=C1. The molecule has 0 spiro atoms. The predicted molar refractivity (Wildman–Crippen MR) is 54.4 cm³/mol. The molecule has 0 bridgehead atoms. The van der Waals surface area contributed by atoms with Gasteiger partial charge >= 0.3 is 0 Å². The molecule has 2 aliphatic rings. The standard InChI is InChI=1S/C11H11NO2/c12-8-2-1-3-10-7(4-8)5-9(13)6-11(10)14/h1-7,13-14H,12H2. The van der Waals surface area contributed by atoms with Crippen molar-refractivity contribution in [3.8, 4) is 0 Å². The van der Waals surface area contributed by atoms with Gasteiger partial charge in [-0.25, -0.2) is 0 Å². The van der Waals surface area contributed by atoms with Crippen molar-refractivity contribution in [1.29, 1.82) is 0 Å². The van der Waals surface area contributed by atoms with E-state index in [1.807, 2.05) is 0 Å². The number of allylic oxidation sites excluding steroid dienone is 7. The Labute approximate surface area is 81.9 Å². The van der Waals surface area contributed by atoms with E-state index in [1.54, 1.807) is 30.4 Å². The number of nitrogens with two attached hydrogens (primary N) is 1. The lowest BCUT2D eigenvalue weighted by Gasteiger charge is -2.16. The number of aliphatic hydroxyl groups excluding tert-OH is 2. The largest absolute Gasteiger partial charge is 0.508 e. The maximum atomic E-state index is 9.57. The van der Waals surface area contributed by atoms with Gasteiger partial charge in [-0.05, 0) is 18.2 Å². The Morgan fingerprint density at radius 1 is 1.21 bits per heavy atom. The van der Waals surface area contributed by atoms with Crippen LogP contribution in [0.2, 0.25) is 0 Å². The second-order valence-electron chi connectivity index (χ2n) is 3.29. The number of hydrogen-bond donors (Lipinski definition) is 3. The van der Waals surface area contributed by atoms with Crippen molar-refractivity contribution in [2.45, 2.75) is 0 Å². The van der Waals surface area contributed by atoms with Crippen LogP contribution in [0.25, 0.3) is 0 Å². The fraction of sp³-hybridized carbons (Fsp3) is 0.0909. The summed E-state index contributed by atoms with van der Waals surface area (Å²) in [6.07, 6.45) is 10.1. The first-order chi connectivity index (χ1) is 6.66. The molecule has 0 saturated carbocycles. The lowest BCUT2D eigenvalue weighted by molar-refractivity contribution is 0.383. The van der Waals surface area contributed by atoms with Crippen molar-refractivity contribution < 1.29 is 10.2 Å². The summed E-state index contributed by atoms with van der Waals surface area (Å²) < 4.78 is 0. The molecule has 3 nitrogen and oxygen atoms in total. The smallest absolute Gasteiger partial charge is 0.123 e. The van der Waals surface area contributed by atoms with Crippen LogP contribution in [0.15, 0.2) is 59.2 Å². The van der Waals surface area contributed by atoms with Crippen LogP contribution in [0.5, 0.6) is 0 Å². The molecule has 72 valence electrons. The topological polar surface area (TPSA) is 66.5 Å². The van der Waals surface area contributed by atoms with Gasteiger partial charge in [-0.1, -0.05) is 12.2 Å². The second kappa shape index (κ2) is 3.10. The van der Waals surface area contributed by atoms with E-state index in [2.05, 4.69) is 0 Å². The molecule has 2 rings (SSSR count). The number of aliphatic hydroxyl groups is 2. The predicted octanol–water partition coefficient (Wildman–Crippen LogP) is 1.84. The van der Waals surface area contributed by atoms with Gasteiger partial charge in [0, 0.05) is 23.3 Å². The van der Waals surface area contributed by atoms with Gasteiger partial charge in [-0.3, -0.25) is 0 Å². The average molecular weight is 189 g/mol. The number of hydrogen-bond acceptors (Lipinski definition) is 3. The van der Waals surface area contributed by atoms with Crippen LogP contribution < -0.4 is 5.73 Å². The van der Waals surface area contributed by atoms with Crippen LogP contribution in [0.1, 0.15) is 0 Å². The maximum absolute atomic E-state index is 9.57. The molecule has 0 aromatic rings. The van der Waals surface area contributed by atoms with Crippen molar-refractivity contribution in [2.24, 2.45) is 11.7 Å². The van der Waals surface area contributed by atoms with Crippen molar-refractivity contribution in [2.75, 3.05) is 0 Å². The molecule has 14 heavy (non-hydrogen) atoms. The van der Waals surface area contributed by atoms with Gasteiger partial charge in [0.1, 0.15) is 11.5 Å². The molecule has 0 radical (unpaired) electrons. The second-order valence-corrected chi connectivity index (χ2v) is 3.29. The quantitative estimate of drug-likeness (QED) is 0.544. The highest BCUT2D eigenvalue weighted by Crippen LogP contribution is 2.29. The average Bonchev–Trinajstić information content (AvgIpc) is 2.25. The molecular weight excluding hydrogens is 178 g/mol. The van der Waals surface area contributed by atoms with Gasteiger partial charge < -0.3 is 15.9 Å². The molecule has 3 heteroatoms. The zero-order valence-corrected chi connectivity index (χ0v) is 7.51. The molecule has 0 amide bonds. The Kier molecular flexibility index (Phi) is 1.93. The number of rotatable bonds is 0. The zero-order chi connectivity index (χ0) is 10.1. The Bertz CT molecular complexity index is 411. The monoisotopic (exact) mass is 189 g/mol. The van der Waals surface area contributed by atoms with E-state index in [-0.39, 0.29) is 17.4 Å². The first-order valence-electron chi connectivity index (χ1n) is 4.34. The minimum atomic E-state index is -0.144. The fourth-order valence-electron chi connectivity index (χ4n) is 1.58. The Morgan fingerprint density at radius 2 is 2.00 bits per heavy atom. The summed E-state index contributed by atoms with van der Waals surface area (Å²) >= 11 is 0. The third-order valence-corrected chi connectivity index (χ3v) is 2.23. The summed E-state index contributed by atoms with van der Waals surface area (Å²) in [5.74, 6) is 0.0104. The Morgan fingerprint density at radius 3 is 2.79 bits per heavy atom. The molecule has 0 aliphatic heterocycles. The maximum Gasteiger partial charge on any atom is 0.123 e. The van der Waals surface area contributed by atoms with Crippen LogP contribution in [-0.4, -0.2) is 10.2 Å². The molecule has 0 saturated heterocycles. The highest BCUT2D eigenvalue weighted by atomic mass is 16.3. The molecular formula is C11H11NO2. The highest BCUT2D eigenvalue weighted by Gasteiger charge is 2.19. The highest BCUT2D eigenvalue weighted by molar-refractivity contribution is 5.47. The van der Waals surface area contributed by atoms with Crippen molar-refractivity contribution in [3.05, 3.63) is 59.2 Å². The van der Waals surface area contributed by atoms with E-state index >= 15 is 0 Å². The fourth-order valence-corrected chi connectivity index (χ4v) is 1.58. The Balaban J connectivity index is 2.48. The van der Waals surface area contributed by atoms with E-state index in [1.165, 1.54) is 6.08 Å². The molecule has 0 aromatic carbocycles. The number of fused-ring (bicyclic) bond motifs is 1. The van der Waals surface area contributed by atoms with Gasteiger partial charge in [0.15, 0.2) is 0 Å². The lowest BCUT2D eigenvalue weighted by Crippen LogP contribution is -2.08. The molecule has 0 aromatic heterocycles. The molecule has 2 aliphatic carbocycles. The van der Waals surface area contributed by atoms with Gasteiger partial charge in [0.2, 0.25) is 0 Å². The normalized spacial score (nSPS) is 25.3. The zero-order valence-electron chi connectivity index (χ0n) is 7.51. The third kappa shape index (κ3) is 1.44. The summed E-state index contributed by atoms with van der Waals surface area (Å²) in [6, 6.07) is 0. The van der Waals surface area contributed by atoms with Crippen LogP contribution in [-0.2, 0) is 0 Å². The lowest BCUT2D eigenvalue weighted by atomic mass is 9.92. The van der Waals surface area contributed by atoms with Crippen molar-refractivity contribution in [3.63, 3.8) is 0 Å². The molecule has 0 fully saturated rings. The van der Waals surface area contributed by atoms with Crippen LogP contribution in [0, 0.1) is 5.92 Å². The summed E-state index contributed by atoms with van der Waals surface area (Å²) in [5.41, 5.74) is 7.04. The van der Waals surface area contributed by atoms with Crippen molar-refractivity contribution in [1.82, 2.24) is 0 Å². The first kappa shape index (κ1) is 8.69. The summed E-state index contributed by atoms with van der Waals surface area (Å²) in [4.78, 5) is 0. The van der Waals surface area contributed by atoms with Crippen LogP contribution >= 0.6 is 0 Å². The molecule has 0 heterocycles. The van der Waals surface area contributed by atoms with E-state index in [4.69, 9.17) is 5.73 Å². The van der Waals surface area contributed by atoms with Crippen LogP contribution in [0.3, 0.4) is 0 Å². The van der Waals surface area contributed by atoms with Gasteiger partial charge in [-0.2, -0.15) is 0 Å². The summed E-state index contributed by atoms with van der Waals surface area (Å²) in [7, 11) is 0. The summed E-state index contributed by atoms with van der Waals surface area (Å²) in [5, 5.41) is 18.9. The van der Waals surface area contributed by atoms with Gasteiger partial charge in [-0.15, -0.1) is 0 Å². The minimum Gasteiger partial charge on any atom is -0.508 e. The minimum absolute atomic E-state index is 0.0654. The van der Waals surface area contributed by atoms with E-state index < -0.39 is 0 Å². The summed E-state index contributed by atoms with van der Waals surface area (Å²) in [6.45, 7) is 0. The molecule has 4 N–H and O–H groups in total. The Hall–Kier alpha value is -1.90. The van der Waals surface area contributed by atoms with Gasteiger partial charge in [0.25, 0.3) is 0 Å². The van der Waals surface area contributed by atoms with E-state index in [9.17, 15) is 10.2 Å².